The van der Waals surface area contributed by atoms with Crippen LogP contribution in [0, 0.1) is 0 Å². The Bertz CT molecular complexity index is 1390. The molecule has 3 aromatic rings. The number of halogens is 4. The monoisotopic (exact) mass is 573 g/mol. The molecule has 0 spiro atoms. The van der Waals surface area contributed by atoms with Crippen molar-refractivity contribution < 1.29 is 4.79 Å². The van der Waals surface area contributed by atoms with Gasteiger partial charge in [-0.15, -0.1) is 11.8 Å². The van der Waals surface area contributed by atoms with Gasteiger partial charge in [0.2, 0.25) is 0 Å². The average molecular weight is 575 g/mol. The summed E-state index contributed by atoms with van der Waals surface area (Å²) in [6, 6.07) is 21.1. The lowest BCUT2D eigenvalue weighted by Gasteiger charge is -2.41. The van der Waals surface area contributed by atoms with E-state index < -0.39 is 0 Å². The van der Waals surface area contributed by atoms with Crippen molar-refractivity contribution in [2.24, 2.45) is 0 Å². The number of carbonyl (C=O) groups excluding carboxylic acids is 1. The van der Waals surface area contributed by atoms with Crippen molar-refractivity contribution >= 4 is 70.0 Å². The first-order valence-corrected chi connectivity index (χ1v) is 13.9. The van der Waals surface area contributed by atoms with E-state index in [1.165, 1.54) is 5.57 Å². The van der Waals surface area contributed by atoms with Gasteiger partial charge in [0.1, 0.15) is 0 Å². The van der Waals surface area contributed by atoms with Crippen molar-refractivity contribution in [1.82, 2.24) is 4.90 Å². The standard InChI is InChI=1S/C29H23Cl4NOS/c1-34-15-18(11-17-7-8-19(30)12-25(17)32)23-14-27(35)29(36-21-5-3-2-4-6-21)28(24(23)16-34)22-10-9-20(31)13-26(22)33/h2-13,28-29H,14-16H2,1H3/t28-,29?/m0/s1. The summed E-state index contributed by atoms with van der Waals surface area (Å²) in [5.41, 5.74) is 5.21. The van der Waals surface area contributed by atoms with Crippen LogP contribution in [-0.2, 0) is 4.79 Å². The fourth-order valence-electron chi connectivity index (χ4n) is 5.01. The number of hydrogen-bond acceptors (Lipinski definition) is 3. The lowest BCUT2D eigenvalue weighted by atomic mass is 9.73. The second-order valence-electron chi connectivity index (χ2n) is 9.15. The molecule has 1 heterocycles. The fraction of sp³-hybridized carbons (Fsp3) is 0.207. The van der Waals surface area contributed by atoms with Crippen LogP contribution in [0.15, 0.2) is 88.3 Å². The maximum absolute atomic E-state index is 13.8. The molecule has 0 saturated carbocycles. The predicted octanol–water partition coefficient (Wildman–Crippen LogP) is 8.84. The third-order valence-electron chi connectivity index (χ3n) is 6.60. The third-order valence-corrected chi connectivity index (χ3v) is 9.06. The number of likely N-dealkylation sites (N-methyl/N-ethyl adjacent to an activating group) is 1. The van der Waals surface area contributed by atoms with Gasteiger partial charge in [-0.2, -0.15) is 0 Å². The minimum Gasteiger partial charge on any atom is -0.298 e. The highest BCUT2D eigenvalue weighted by Gasteiger charge is 2.42. The zero-order valence-corrected chi connectivity index (χ0v) is 23.3. The van der Waals surface area contributed by atoms with Gasteiger partial charge < -0.3 is 0 Å². The van der Waals surface area contributed by atoms with Crippen LogP contribution in [0.25, 0.3) is 6.08 Å². The Kier molecular flexibility index (Phi) is 7.88. The molecule has 2 aliphatic rings. The molecule has 1 aliphatic heterocycles. The highest BCUT2D eigenvalue weighted by atomic mass is 35.5. The van der Waals surface area contributed by atoms with Crippen LogP contribution in [0.2, 0.25) is 20.1 Å². The summed E-state index contributed by atoms with van der Waals surface area (Å²) in [7, 11) is 2.09. The fourth-order valence-corrected chi connectivity index (χ4v) is 7.27. The molecule has 2 atom stereocenters. The van der Waals surface area contributed by atoms with Gasteiger partial charge in [-0.25, -0.2) is 0 Å². The van der Waals surface area contributed by atoms with Gasteiger partial charge >= 0.3 is 0 Å². The van der Waals surface area contributed by atoms with E-state index in [9.17, 15) is 4.79 Å². The van der Waals surface area contributed by atoms with Gasteiger partial charge in [0.25, 0.3) is 0 Å². The van der Waals surface area contributed by atoms with Crippen molar-refractivity contribution in [1.29, 1.82) is 0 Å². The smallest absolute Gasteiger partial charge is 0.151 e. The Balaban J connectivity index is 1.66. The van der Waals surface area contributed by atoms with Crippen LogP contribution in [0.4, 0.5) is 0 Å². The molecule has 0 fully saturated rings. The van der Waals surface area contributed by atoms with Crippen LogP contribution in [0.3, 0.4) is 0 Å². The number of ketones is 1. The minimum atomic E-state index is -0.295. The molecule has 0 N–H and O–H groups in total. The average Bonchev–Trinajstić information content (AvgIpc) is 2.83. The first-order chi connectivity index (χ1) is 17.3. The first kappa shape index (κ1) is 25.9. The molecule has 1 unspecified atom stereocenters. The second-order valence-corrected chi connectivity index (χ2v) is 12.1. The van der Waals surface area contributed by atoms with E-state index in [0.717, 1.165) is 40.3 Å². The summed E-state index contributed by atoms with van der Waals surface area (Å²) in [6.45, 7) is 1.48. The molecule has 0 saturated heterocycles. The largest absolute Gasteiger partial charge is 0.298 e. The maximum Gasteiger partial charge on any atom is 0.151 e. The quantitative estimate of drug-likeness (QED) is 0.310. The summed E-state index contributed by atoms with van der Waals surface area (Å²) in [6.07, 6.45) is 2.47. The van der Waals surface area contributed by atoms with E-state index in [1.54, 1.807) is 23.9 Å². The molecule has 0 aromatic heterocycles. The molecule has 3 aromatic carbocycles. The van der Waals surface area contributed by atoms with Gasteiger partial charge in [-0.1, -0.05) is 76.7 Å². The van der Waals surface area contributed by atoms with Gasteiger partial charge in [0.15, 0.2) is 5.78 Å². The van der Waals surface area contributed by atoms with E-state index in [-0.39, 0.29) is 17.0 Å². The van der Waals surface area contributed by atoms with Crippen LogP contribution < -0.4 is 0 Å². The van der Waals surface area contributed by atoms with Crippen LogP contribution in [0.1, 0.15) is 23.5 Å². The molecule has 184 valence electrons. The van der Waals surface area contributed by atoms with Gasteiger partial charge in [-0.3, -0.25) is 9.69 Å². The Hall–Kier alpha value is -1.72. The molecule has 0 bridgehead atoms. The maximum atomic E-state index is 13.8. The third kappa shape index (κ3) is 5.43. The van der Waals surface area contributed by atoms with E-state index >= 15 is 0 Å². The lowest BCUT2D eigenvalue weighted by molar-refractivity contribution is -0.118. The topological polar surface area (TPSA) is 20.3 Å². The summed E-state index contributed by atoms with van der Waals surface area (Å²) in [5.74, 6) is 0.0133. The number of Topliss-reactive ketones (excluding diaryl/α,β-unsaturated/α-hetero) is 1. The Morgan fingerprint density at radius 1 is 0.889 bits per heavy atom. The second kappa shape index (κ2) is 10.9. The molecule has 1 aliphatic carbocycles. The molecule has 36 heavy (non-hydrogen) atoms. The lowest BCUT2D eigenvalue weighted by Crippen LogP contribution is -2.40. The highest BCUT2D eigenvalue weighted by molar-refractivity contribution is 8.00. The van der Waals surface area contributed by atoms with Crippen molar-refractivity contribution in [3.8, 4) is 0 Å². The highest BCUT2D eigenvalue weighted by Crippen LogP contribution is 2.49. The van der Waals surface area contributed by atoms with E-state index in [1.807, 2.05) is 54.6 Å². The number of thioether (sulfide) groups is 1. The summed E-state index contributed by atoms with van der Waals surface area (Å²) < 4.78 is 0. The normalized spacial score (nSPS) is 21.7. The van der Waals surface area contributed by atoms with Crippen molar-refractivity contribution in [3.05, 3.63) is 115 Å². The van der Waals surface area contributed by atoms with Crippen LogP contribution >= 0.6 is 58.2 Å². The van der Waals surface area contributed by atoms with Crippen LogP contribution in [0.5, 0.6) is 0 Å². The number of carbonyl (C=O) groups is 1. The van der Waals surface area contributed by atoms with Crippen LogP contribution in [-0.4, -0.2) is 36.1 Å². The van der Waals surface area contributed by atoms with Crippen molar-refractivity contribution in [2.75, 3.05) is 20.1 Å². The molecule has 0 amide bonds. The number of benzene rings is 3. The zero-order chi connectivity index (χ0) is 25.4. The number of nitrogens with zero attached hydrogens (tertiary/aromatic N) is 1. The summed E-state index contributed by atoms with van der Waals surface area (Å²) >= 11 is 27.2. The molecular weight excluding hydrogens is 552 g/mol. The van der Waals surface area contributed by atoms with E-state index in [0.29, 0.717) is 26.5 Å². The SMILES string of the molecule is CN1CC(=Cc2ccc(Cl)cc2Cl)C2=C(C1)[C@H](c1ccc(Cl)cc1Cl)C(Sc1ccccc1)C(=O)C2. The zero-order valence-electron chi connectivity index (χ0n) is 19.5. The minimum absolute atomic E-state index is 0.178. The summed E-state index contributed by atoms with van der Waals surface area (Å²) in [5, 5.41) is 2.03. The molecule has 7 heteroatoms. The Morgan fingerprint density at radius 2 is 1.58 bits per heavy atom. The molecular formula is C29H23Cl4NOS. The van der Waals surface area contributed by atoms with Crippen molar-refractivity contribution in [2.45, 2.75) is 22.5 Å². The molecule has 5 rings (SSSR count). The first-order valence-electron chi connectivity index (χ1n) is 11.6. The van der Waals surface area contributed by atoms with Crippen molar-refractivity contribution in [3.63, 3.8) is 0 Å². The Labute approximate surface area is 235 Å². The number of rotatable bonds is 4. The molecule has 2 nitrogen and oxygen atoms in total. The Morgan fingerprint density at radius 3 is 2.28 bits per heavy atom. The van der Waals surface area contributed by atoms with Gasteiger partial charge in [-0.05, 0) is 77.4 Å². The summed E-state index contributed by atoms with van der Waals surface area (Å²) in [4.78, 5) is 17.1. The number of hydrogen-bond donors (Lipinski definition) is 0. The van der Waals surface area contributed by atoms with E-state index in [4.69, 9.17) is 46.4 Å². The van der Waals surface area contributed by atoms with E-state index in [2.05, 4.69) is 18.0 Å². The van der Waals surface area contributed by atoms with Gasteiger partial charge in [0, 0.05) is 50.4 Å². The van der Waals surface area contributed by atoms with Gasteiger partial charge in [0.05, 0.1) is 5.25 Å². The molecule has 0 radical (unpaired) electrons. The predicted molar refractivity (Wildman–Crippen MR) is 154 cm³/mol.